The van der Waals surface area contributed by atoms with Gasteiger partial charge >= 0.3 is 5.97 Å². The Morgan fingerprint density at radius 2 is 1.68 bits per heavy atom. The molecule has 0 aliphatic rings. The molecule has 0 aliphatic carbocycles. The Labute approximate surface area is 223 Å². The fraction of sp³-hybridized carbons (Fsp3) is 0.323. The lowest BCUT2D eigenvalue weighted by Crippen LogP contribution is -2.27. The Balaban J connectivity index is 1.64. The van der Waals surface area contributed by atoms with E-state index in [0.717, 1.165) is 28.0 Å². The van der Waals surface area contributed by atoms with Crippen molar-refractivity contribution in [3.8, 4) is 11.5 Å². The minimum absolute atomic E-state index is 0.0645. The third-order valence-corrected chi connectivity index (χ3v) is 6.33. The molecule has 1 atom stereocenters. The van der Waals surface area contributed by atoms with Crippen molar-refractivity contribution in [1.29, 1.82) is 0 Å². The molecule has 0 spiro atoms. The number of carbonyl (C=O) groups excluding carboxylic acids is 2. The van der Waals surface area contributed by atoms with E-state index in [1.54, 1.807) is 38.3 Å². The van der Waals surface area contributed by atoms with E-state index in [2.05, 4.69) is 4.57 Å². The van der Waals surface area contributed by atoms with E-state index in [1.165, 1.54) is 0 Å². The Morgan fingerprint density at radius 1 is 0.947 bits per heavy atom. The van der Waals surface area contributed by atoms with Gasteiger partial charge in [-0.05, 0) is 80.8 Å². The topological polar surface area (TPSA) is 79.7 Å². The number of hydrogen-bond donors (Lipinski definition) is 0. The molecule has 4 aromatic rings. The number of methoxy groups -OCH3 is 1. The normalized spacial score (nSPS) is 12.0. The van der Waals surface area contributed by atoms with Crippen LogP contribution in [0.2, 0.25) is 0 Å². The fourth-order valence-corrected chi connectivity index (χ4v) is 4.32. The molecule has 0 unspecified atom stereocenters. The lowest BCUT2D eigenvalue weighted by atomic mass is 10.0. The second kappa shape index (κ2) is 11.5. The molecule has 2 heterocycles. The zero-order valence-corrected chi connectivity index (χ0v) is 22.8. The van der Waals surface area contributed by atoms with Gasteiger partial charge in [0.1, 0.15) is 17.1 Å². The monoisotopic (exact) mass is 514 g/mol. The van der Waals surface area contributed by atoms with E-state index in [-0.39, 0.29) is 11.7 Å². The molecule has 7 heteroatoms. The van der Waals surface area contributed by atoms with Crippen molar-refractivity contribution in [2.45, 2.75) is 47.3 Å². The van der Waals surface area contributed by atoms with E-state index >= 15 is 0 Å². The number of esters is 1. The minimum atomic E-state index is -0.726. The Kier molecular flexibility index (Phi) is 8.15. The molecule has 0 aliphatic heterocycles. The van der Waals surface area contributed by atoms with Gasteiger partial charge in [-0.2, -0.15) is 0 Å². The van der Waals surface area contributed by atoms with Gasteiger partial charge in [-0.25, -0.2) is 9.78 Å². The number of nitrogens with zero attached hydrogens (tertiary/aromatic N) is 2. The predicted octanol–water partition coefficient (Wildman–Crippen LogP) is 5.91. The Hall–Kier alpha value is -4.13. The van der Waals surface area contributed by atoms with Gasteiger partial charge in [0.25, 0.3) is 0 Å². The van der Waals surface area contributed by atoms with Crippen molar-refractivity contribution in [3.63, 3.8) is 0 Å². The van der Waals surface area contributed by atoms with Crippen molar-refractivity contribution >= 4 is 22.8 Å². The van der Waals surface area contributed by atoms with E-state index in [1.807, 2.05) is 64.1 Å². The van der Waals surface area contributed by atoms with Crippen LogP contribution in [0.15, 0.2) is 60.7 Å². The number of aromatic nitrogens is 2. The first-order valence-electron chi connectivity index (χ1n) is 12.7. The summed E-state index contributed by atoms with van der Waals surface area (Å²) in [5.41, 5.74) is 4.61. The maximum absolute atomic E-state index is 13.6. The van der Waals surface area contributed by atoms with Crippen LogP contribution in [-0.4, -0.2) is 41.1 Å². The summed E-state index contributed by atoms with van der Waals surface area (Å²) < 4.78 is 18.5. The summed E-state index contributed by atoms with van der Waals surface area (Å²) in [6.45, 7) is 10.4. The summed E-state index contributed by atoms with van der Waals surface area (Å²) in [6.07, 6.45) is -0.726. The molecular weight excluding hydrogens is 480 g/mol. The van der Waals surface area contributed by atoms with Crippen LogP contribution in [0.4, 0.5) is 0 Å². The maximum Gasteiger partial charge on any atom is 0.347 e. The number of aryl methyl sites for hydroxylation is 1. The van der Waals surface area contributed by atoms with Gasteiger partial charge in [0.05, 0.1) is 19.3 Å². The van der Waals surface area contributed by atoms with Gasteiger partial charge in [-0.1, -0.05) is 26.0 Å². The second-order valence-corrected chi connectivity index (χ2v) is 9.86. The number of ether oxygens (including phenoxy) is 3. The van der Waals surface area contributed by atoms with E-state index in [4.69, 9.17) is 19.2 Å². The fourth-order valence-electron chi connectivity index (χ4n) is 4.32. The van der Waals surface area contributed by atoms with Crippen molar-refractivity contribution in [1.82, 2.24) is 9.55 Å². The van der Waals surface area contributed by atoms with Crippen LogP contribution >= 0.6 is 0 Å². The molecule has 0 amide bonds. The van der Waals surface area contributed by atoms with Crippen molar-refractivity contribution in [2.24, 2.45) is 5.92 Å². The first-order chi connectivity index (χ1) is 18.2. The molecule has 4 rings (SSSR count). The van der Waals surface area contributed by atoms with E-state index in [9.17, 15) is 9.59 Å². The largest absolute Gasteiger partial charge is 0.497 e. The van der Waals surface area contributed by atoms with Gasteiger partial charge in [-0.3, -0.25) is 4.79 Å². The van der Waals surface area contributed by atoms with Crippen LogP contribution in [0, 0.1) is 19.8 Å². The maximum atomic E-state index is 13.6. The number of rotatable bonds is 10. The molecule has 2 aromatic heterocycles. The lowest BCUT2D eigenvalue weighted by molar-refractivity contribution is -0.152. The van der Waals surface area contributed by atoms with Crippen LogP contribution in [0.1, 0.15) is 53.6 Å². The molecule has 0 fully saturated rings. The first kappa shape index (κ1) is 26.9. The molecule has 0 bridgehead atoms. The summed E-state index contributed by atoms with van der Waals surface area (Å²) >= 11 is 0. The van der Waals surface area contributed by atoms with Crippen LogP contribution in [0.3, 0.4) is 0 Å². The highest BCUT2D eigenvalue weighted by atomic mass is 16.6. The van der Waals surface area contributed by atoms with Gasteiger partial charge < -0.3 is 18.8 Å². The summed E-state index contributed by atoms with van der Waals surface area (Å²) in [5, 5.41) is 0.808. The van der Waals surface area contributed by atoms with E-state index in [0.29, 0.717) is 35.8 Å². The van der Waals surface area contributed by atoms with Crippen LogP contribution in [0.5, 0.6) is 11.5 Å². The first-order valence-corrected chi connectivity index (χ1v) is 12.7. The molecule has 198 valence electrons. The number of hydrogen-bond acceptors (Lipinski definition) is 6. The molecule has 38 heavy (non-hydrogen) atoms. The van der Waals surface area contributed by atoms with Gasteiger partial charge in [-0.15, -0.1) is 0 Å². The molecule has 2 aromatic carbocycles. The van der Waals surface area contributed by atoms with Gasteiger partial charge in [0.2, 0.25) is 0 Å². The van der Waals surface area contributed by atoms with Crippen molar-refractivity contribution < 1.29 is 23.8 Å². The Bertz CT molecular complexity index is 1450. The summed E-state index contributed by atoms with van der Waals surface area (Å²) in [6, 6.07) is 18.6. The highest BCUT2D eigenvalue weighted by Gasteiger charge is 2.23. The van der Waals surface area contributed by atoms with Crippen molar-refractivity contribution in [3.05, 3.63) is 88.7 Å². The van der Waals surface area contributed by atoms with Crippen LogP contribution in [-0.2, 0) is 16.1 Å². The van der Waals surface area contributed by atoms with Crippen LogP contribution in [0.25, 0.3) is 11.0 Å². The standard InChI is InChI=1S/C31H34N2O5/c1-19(2)18-37-31(35)22(5)38-26-9-7-8-23(16-26)17-33-21(4)28(27-15-10-20(3)32-30(27)33)29(34)24-11-13-25(36-6)14-12-24/h7-16,19,22H,17-18H2,1-6H3/t22-/m0/s1. The average molecular weight is 515 g/mol. The number of pyridine rings is 1. The third kappa shape index (κ3) is 5.88. The SMILES string of the molecule is COc1ccc(C(=O)c2c(C)n(Cc3cccc(O[C@@H](C)C(=O)OCC(C)C)c3)c3nc(C)ccc23)cc1. The average Bonchev–Trinajstić information content (AvgIpc) is 3.17. The highest BCUT2D eigenvalue weighted by Crippen LogP contribution is 2.29. The zero-order valence-electron chi connectivity index (χ0n) is 22.8. The smallest absolute Gasteiger partial charge is 0.347 e. The summed E-state index contributed by atoms with van der Waals surface area (Å²) in [7, 11) is 1.60. The third-order valence-electron chi connectivity index (χ3n) is 6.33. The quantitative estimate of drug-likeness (QED) is 0.193. The van der Waals surface area contributed by atoms with Gasteiger partial charge in [0, 0.05) is 28.9 Å². The molecule has 0 saturated carbocycles. The van der Waals surface area contributed by atoms with Gasteiger partial charge in [0.15, 0.2) is 11.9 Å². The zero-order chi connectivity index (χ0) is 27.4. The van der Waals surface area contributed by atoms with Crippen LogP contribution < -0.4 is 9.47 Å². The Morgan fingerprint density at radius 3 is 2.37 bits per heavy atom. The second-order valence-electron chi connectivity index (χ2n) is 9.86. The number of fused-ring (bicyclic) bond motifs is 1. The molecule has 7 nitrogen and oxygen atoms in total. The highest BCUT2D eigenvalue weighted by molar-refractivity contribution is 6.17. The molecular formula is C31H34N2O5. The number of ketones is 1. The number of carbonyl (C=O) groups is 2. The lowest BCUT2D eigenvalue weighted by Gasteiger charge is -2.16. The minimum Gasteiger partial charge on any atom is -0.497 e. The summed E-state index contributed by atoms with van der Waals surface area (Å²) in [4.78, 5) is 30.7. The van der Waals surface area contributed by atoms with Crippen molar-refractivity contribution in [2.75, 3.05) is 13.7 Å². The molecule has 0 saturated heterocycles. The predicted molar refractivity (Wildman–Crippen MR) is 147 cm³/mol. The molecule has 0 radical (unpaired) electrons. The van der Waals surface area contributed by atoms with E-state index < -0.39 is 12.1 Å². The molecule has 0 N–H and O–H groups in total. The summed E-state index contributed by atoms with van der Waals surface area (Å²) in [5.74, 6) is 1.07. The number of benzene rings is 2.